The molecule has 1 fully saturated rings. The summed E-state index contributed by atoms with van der Waals surface area (Å²) in [4.78, 5) is 0. The Morgan fingerprint density at radius 2 is 2.12 bits per heavy atom. The molecule has 94 valence electrons. The molecule has 0 amide bonds. The van der Waals surface area contributed by atoms with Crippen LogP contribution >= 0.6 is 11.9 Å². The summed E-state index contributed by atoms with van der Waals surface area (Å²) < 4.78 is 8.03. The van der Waals surface area contributed by atoms with Crippen LogP contribution in [0.5, 0.6) is 5.75 Å². The van der Waals surface area contributed by atoms with Crippen molar-refractivity contribution < 1.29 is 4.74 Å². The lowest BCUT2D eigenvalue weighted by atomic mass is 10.2. The van der Waals surface area contributed by atoms with Crippen molar-refractivity contribution >= 4 is 17.6 Å². The molecule has 3 heteroatoms. The Bertz CT molecular complexity index is 394. The number of aryl methyl sites for hydroxylation is 1. The van der Waals surface area contributed by atoms with E-state index in [0.29, 0.717) is 0 Å². The lowest BCUT2D eigenvalue weighted by Crippen LogP contribution is -2.06. The van der Waals surface area contributed by atoms with Crippen LogP contribution in [-0.4, -0.2) is 19.9 Å². The highest BCUT2D eigenvalue weighted by Gasteiger charge is 2.32. The van der Waals surface area contributed by atoms with Crippen molar-refractivity contribution in [1.82, 2.24) is 0 Å². The van der Waals surface area contributed by atoms with Gasteiger partial charge in [-0.1, -0.05) is 18.9 Å². The molecule has 17 heavy (non-hydrogen) atoms. The fourth-order valence-electron chi connectivity index (χ4n) is 1.93. The Hall–Kier alpha value is -0.830. The molecular weight excluding hydrogens is 230 g/mol. The summed E-state index contributed by atoms with van der Waals surface area (Å²) in [6, 6.07) is 6.42. The van der Waals surface area contributed by atoms with E-state index in [9.17, 15) is 0 Å². The van der Waals surface area contributed by atoms with Crippen LogP contribution in [-0.2, 0) is 0 Å². The molecule has 0 bridgehead atoms. The molecule has 2 unspecified atom stereocenters. The standard InChI is InChI=1S/C14H21NOS/c1-10-5-13(15(3)17-4)8-14(6-10)16-9-12-7-11(12)2/h5-6,8,11-12H,7,9H2,1-4H3. The van der Waals surface area contributed by atoms with E-state index < -0.39 is 0 Å². The molecule has 0 N–H and O–H groups in total. The Balaban J connectivity index is 2.03. The van der Waals surface area contributed by atoms with E-state index in [1.54, 1.807) is 11.9 Å². The third kappa shape index (κ3) is 3.32. The summed E-state index contributed by atoms with van der Waals surface area (Å²) in [5.74, 6) is 2.63. The maximum absolute atomic E-state index is 5.88. The minimum atomic E-state index is 0.775. The fourth-order valence-corrected chi connectivity index (χ4v) is 2.25. The number of hydrogen-bond acceptors (Lipinski definition) is 3. The summed E-state index contributed by atoms with van der Waals surface area (Å²) in [7, 11) is 2.08. The van der Waals surface area contributed by atoms with Gasteiger partial charge in [0.2, 0.25) is 0 Å². The molecule has 2 rings (SSSR count). The zero-order valence-electron chi connectivity index (χ0n) is 11.1. The first-order valence-electron chi connectivity index (χ1n) is 6.12. The van der Waals surface area contributed by atoms with Gasteiger partial charge in [-0.25, -0.2) is 0 Å². The number of benzene rings is 1. The Morgan fingerprint density at radius 3 is 2.71 bits per heavy atom. The zero-order chi connectivity index (χ0) is 12.4. The topological polar surface area (TPSA) is 12.5 Å². The van der Waals surface area contributed by atoms with Gasteiger partial charge in [0, 0.05) is 19.4 Å². The molecule has 1 saturated carbocycles. The lowest BCUT2D eigenvalue weighted by molar-refractivity contribution is 0.293. The van der Waals surface area contributed by atoms with Gasteiger partial charge < -0.3 is 9.04 Å². The van der Waals surface area contributed by atoms with Crippen molar-refractivity contribution in [2.45, 2.75) is 20.3 Å². The quantitative estimate of drug-likeness (QED) is 0.740. The SMILES string of the molecule is CSN(C)c1cc(C)cc(OCC2CC2C)c1. The molecule has 0 heterocycles. The molecule has 0 radical (unpaired) electrons. The van der Waals surface area contributed by atoms with E-state index in [2.05, 4.69) is 49.7 Å². The van der Waals surface area contributed by atoms with Gasteiger partial charge in [0.1, 0.15) is 5.75 Å². The summed E-state index contributed by atoms with van der Waals surface area (Å²) in [5, 5.41) is 0. The van der Waals surface area contributed by atoms with Crippen molar-refractivity contribution in [2.24, 2.45) is 11.8 Å². The summed E-state index contributed by atoms with van der Waals surface area (Å²) in [6.07, 6.45) is 3.40. The molecule has 1 aromatic rings. The summed E-state index contributed by atoms with van der Waals surface area (Å²) >= 11 is 1.71. The molecule has 2 nitrogen and oxygen atoms in total. The van der Waals surface area contributed by atoms with Crippen LogP contribution in [0.3, 0.4) is 0 Å². The average molecular weight is 251 g/mol. The predicted octanol–water partition coefficient (Wildman–Crippen LogP) is 3.74. The maximum Gasteiger partial charge on any atom is 0.121 e. The van der Waals surface area contributed by atoms with Gasteiger partial charge in [-0.3, -0.25) is 0 Å². The lowest BCUT2D eigenvalue weighted by Gasteiger charge is -2.17. The van der Waals surface area contributed by atoms with Gasteiger partial charge in [0.25, 0.3) is 0 Å². The van der Waals surface area contributed by atoms with Crippen LogP contribution < -0.4 is 9.04 Å². The van der Waals surface area contributed by atoms with Gasteiger partial charge in [0.15, 0.2) is 0 Å². The van der Waals surface area contributed by atoms with Crippen LogP contribution in [0.1, 0.15) is 18.9 Å². The van der Waals surface area contributed by atoms with Gasteiger partial charge >= 0.3 is 0 Å². The highest BCUT2D eigenvalue weighted by atomic mass is 32.2. The van der Waals surface area contributed by atoms with Crippen molar-refractivity contribution in [3.8, 4) is 5.75 Å². The Morgan fingerprint density at radius 1 is 1.41 bits per heavy atom. The van der Waals surface area contributed by atoms with Gasteiger partial charge in [-0.05, 0) is 42.9 Å². The number of rotatable bonds is 5. The largest absolute Gasteiger partial charge is 0.493 e. The molecule has 0 saturated heterocycles. The van der Waals surface area contributed by atoms with E-state index in [-0.39, 0.29) is 0 Å². The van der Waals surface area contributed by atoms with E-state index >= 15 is 0 Å². The monoisotopic (exact) mass is 251 g/mol. The van der Waals surface area contributed by atoms with Crippen LogP contribution in [0.4, 0.5) is 5.69 Å². The van der Waals surface area contributed by atoms with Crippen LogP contribution in [0.15, 0.2) is 18.2 Å². The van der Waals surface area contributed by atoms with Crippen molar-refractivity contribution in [1.29, 1.82) is 0 Å². The van der Waals surface area contributed by atoms with Crippen LogP contribution in [0.2, 0.25) is 0 Å². The highest BCUT2D eigenvalue weighted by Crippen LogP contribution is 2.38. The zero-order valence-corrected chi connectivity index (χ0v) is 11.9. The van der Waals surface area contributed by atoms with Crippen molar-refractivity contribution in [2.75, 3.05) is 24.2 Å². The van der Waals surface area contributed by atoms with E-state index in [0.717, 1.165) is 24.2 Å². The van der Waals surface area contributed by atoms with Gasteiger partial charge in [0.05, 0.1) is 12.3 Å². The van der Waals surface area contributed by atoms with Gasteiger partial charge in [-0.2, -0.15) is 0 Å². The number of nitrogens with zero attached hydrogens (tertiary/aromatic N) is 1. The minimum absolute atomic E-state index is 0.775. The summed E-state index contributed by atoms with van der Waals surface area (Å²) in [5.41, 5.74) is 2.46. The second-order valence-electron chi connectivity index (χ2n) is 4.97. The Kier molecular flexibility index (Phi) is 3.87. The van der Waals surface area contributed by atoms with E-state index in [1.807, 2.05) is 0 Å². The second-order valence-corrected chi connectivity index (χ2v) is 5.88. The highest BCUT2D eigenvalue weighted by molar-refractivity contribution is 7.99. The Labute approximate surface area is 108 Å². The molecule has 0 aliphatic heterocycles. The first-order valence-corrected chi connectivity index (χ1v) is 7.30. The summed E-state index contributed by atoms with van der Waals surface area (Å²) in [6.45, 7) is 5.27. The third-order valence-corrected chi connectivity index (χ3v) is 4.17. The first-order chi connectivity index (χ1) is 8.10. The predicted molar refractivity (Wildman–Crippen MR) is 75.9 cm³/mol. The molecule has 1 aliphatic carbocycles. The van der Waals surface area contributed by atoms with Crippen LogP contribution in [0, 0.1) is 18.8 Å². The third-order valence-electron chi connectivity index (χ3n) is 3.41. The number of anilines is 1. The van der Waals surface area contributed by atoms with Gasteiger partial charge in [-0.15, -0.1) is 0 Å². The second kappa shape index (κ2) is 5.21. The average Bonchev–Trinajstić information content (AvgIpc) is 3.01. The molecule has 0 aromatic heterocycles. The minimum Gasteiger partial charge on any atom is -0.493 e. The number of hydrogen-bond donors (Lipinski definition) is 0. The normalized spacial score (nSPS) is 22.4. The van der Waals surface area contributed by atoms with E-state index in [4.69, 9.17) is 4.74 Å². The maximum atomic E-state index is 5.88. The van der Waals surface area contributed by atoms with Crippen molar-refractivity contribution in [3.63, 3.8) is 0 Å². The molecular formula is C14H21NOS. The number of ether oxygens (including phenoxy) is 1. The molecule has 1 aromatic carbocycles. The van der Waals surface area contributed by atoms with Crippen LogP contribution in [0.25, 0.3) is 0 Å². The smallest absolute Gasteiger partial charge is 0.121 e. The van der Waals surface area contributed by atoms with E-state index in [1.165, 1.54) is 17.7 Å². The first kappa shape index (κ1) is 12.6. The fraction of sp³-hybridized carbons (Fsp3) is 0.571. The van der Waals surface area contributed by atoms with Crippen molar-refractivity contribution in [3.05, 3.63) is 23.8 Å². The molecule has 0 spiro atoms. The molecule has 1 aliphatic rings. The molecule has 2 atom stereocenters.